The van der Waals surface area contributed by atoms with Gasteiger partial charge in [-0.1, -0.05) is 38.4 Å². The highest BCUT2D eigenvalue weighted by molar-refractivity contribution is 7.93. The average Bonchev–Trinajstić information content (AvgIpc) is 2.99. The van der Waals surface area contributed by atoms with Crippen LogP contribution >= 0.6 is 11.6 Å². The molecule has 12 heteroatoms. The molecule has 1 N–H and O–H groups in total. The molecule has 2 aliphatic rings. The number of nitro benzene ring substituents is 1. The topological polar surface area (TPSA) is 125 Å². The largest absolute Gasteiger partial charge is 0.509 e. The minimum atomic E-state index is -3.21. The Hall–Kier alpha value is -3.31. The van der Waals surface area contributed by atoms with Gasteiger partial charge in [0.2, 0.25) is 0 Å². The Morgan fingerprint density at radius 2 is 1.94 bits per heavy atom. The van der Waals surface area contributed by atoms with Crippen LogP contribution in [0.1, 0.15) is 26.3 Å². The summed E-state index contributed by atoms with van der Waals surface area (Å²) in [5.74, 6) is -1.68. The van der Waals surface area contributed by atoms with Crippen LogP contribution < -0.4 is 0 Å². The maximum Gasteiger partial charge on any atom is 0.270 e. The highest BCUT2D eigenvalue weighted by atomic mass is 35.5. The van der Waals surface area contributed by atoms with E-state index in [0.29, 0.717) is 5.56 Å². The Balaban J connectivity index is 1.82. The first-order valence-electron chi connectivity index (χ1n) is 10.5. The molecule has 0 bridgehead atoms. The van der Waals surface area contributed by atoms with E-state index < -0.39 is 37.8 Å². The van der Waals surface area contributed by atoms with Gasteiger partial charge in [0, 0.05) is 24.9 Å². The Morgan fingerprint density at radius 1 is 1.26 bits per heavy atom. The number of amides is 1. The van der Waals surface area contributed by atoms with Crippen LogP contribution in [0.3, 0.4) is 0 Å². The predicted molar refractivity (Wildman–Crippen MR) is 130 cm³/mol. The average molecular weight is 521 g/mol. The number of nitro groups is 1. The normalized spacial score (nSPS) is 22.1. The molecular formula is C23H22ClFN4O5S. The van der Waals surface area contributed by atoms with Crippen LogP contribution in [0.4, 0.5) is 15.8 Å². The summed E-state index contributed by atoms with van der Waals surface area (Å²) < 4.78 is 31.1. The second kappa shape index (κ2) is 8.42. The van der Waals surface area contributed by atoms with Gasteiger partial charge in [0.15, 0.2) is 5.84 Å². The molecule has 2 aliphatic heterocycles. The van der Waals surface area contributed by atoms with E-state index in [-0.39, 0.29) is 45.0 Å². The summed E-state index contributed by atoms with van der Waals surface area (Å²) in [5.41, 5.74) is -0.364. The molecule has 2 unspecified atom stereocenters. The lowest BCUT2D eigenvalue weighted by Gasteiger charge is -2.35. The van der Waals surface area contributed by atoms with Gasteiger partial charge >= 0.3 is 0 Å². The lowest BCUT2D eigenvalue weighted by Crippen LogP contribution is -2.43. The maximum atomic E-state index is 13.6. The van der Waals surface area contributed by atoms with Crippen molar-refractivity contribution in [3.63, 3.8) is 0 Å². The lowest BCUT2D eigenvalue weighted by atomic mass is 9.85. The van der Waals surface area contributed by atoms with E-state index >= 15 is 0 Å². The molecule has 2 heterocycles. The number of hydrogen-bond donors (Lipinski definition) is 1. The van der Waals surface area contributed by atoms with Gasteiger partial charge in [-0.15, -0.1) is 0 Å². The number of aliphatic imine (C=N–C) groups is 1. The number of carbonyl (C=O) groups excluding carboxylic acids is 1. The van der Waals surface area contributed by atoms with Crippen LogP contribution in [0.15, 0.2) is 62.0 Å². The monoisotopic (exact) mass is 520 g/mol. The Labute approximate surface area is 206 Å². The molecule has 9 nitrogen and oxygen atoms in total. The summed E-state index contributed by atoms with van der Waals surface area (Å²) in [4.78, 5) is 29.9. The smallest absolute Gasteiger partial charge is 0.270 e. The number of benzene rings is 2. The van der Waals surface area contributed by atoms with Gasteiger partial charge < -0.3 is 10.0 Å². The lowest BCUT2D eigenvalue weighted by molar-refractivity contribution is -0.385. The SMILES string of the molecule is CC(C)(C)C1C(O)=C(C2=Nc3ccc([N+](=O)[O-])cc3S(C)(=O)=N2)C(=O)N1Cc1ccc(F)c(Cl)c1. The molecule has 0 saturated heterocycles. The van der Waals surface area contributed by atoms with Crippen molar-refractivity contribution in [3.8, 4) is 0 Å². The van der Waals surface area contributed by atoms with Crippen molar-refractivity contribution >= 4 is 44.4 Å². The van der Waals surface area contributed by atoms with E-state index in [4.69, 9.17) is 11.6 Å². The first kappa shape index (κ1) is 24.8. The summed E-state index contributed by atoms with van der Waals surface area (Å²) in [7, 11) is -3.21. The third kappa shape index (κ3) is 4.41. The first-order valence-corrected chi connectivity index (χ1v) is 12.8. The highest BCUT2D eigenvalue weighted by Gasteiger charge is 2.47. The molecule has 0 saturated carbocycles. The molecule has 2 aromatic carbocycles. The molecule has 0 spiro atoms. The Bertz CT molecular complexity index is 1470. The molecule has 35 heavy (non-hydrogen) atoms. The number of nitrogens with zero attached hydrogens (tertiary/aromatic N) is 4. The van der Waals surface area contributed by atoms with Crippen molar-refractivity contribution in [1.29, 1.82) is 0 Å². The molecule has 1 amide bonds. The van der Waals surface area contributed by atoms with Crippen LogP contribution in [-0.4, -0.2) is 43.2 Å². The number of non-ortho nitro benzene ring substituents is 1. The summed E-state index contributed by atoms with van der Waals surface area (Å²) in [6.45, 7) is 5.54. The van der Waals surface area contributed by atoms with Crippen LogP contribution in [0.2, 0.25) is 5.02 Å². The van der Waals surface area contributed by atoms with Gasteiger partial charge in [-0.25, -0.2) is 13.6 Å². The number of fused-ring (bicyclic) bond motifs is 1. The molecule has 0 radical (unpaired) electrons. The fourth-order valence-corrected chi connectivity index (χ4v) is 5.81. The number of halogens is 2. The zero-order chi connectivity index (χ0) is 25.9. The highest BCUT2D eigenvalue weighted by Crippen LogP contribution is 2.41. The quantitative estimate of drug-likeness (QED) is 0.440. The molecule has 184 valence electrons. The van der Waals surface area contributed by atoms with Crippen molar-refractivity contribution in [2.45, 2.75) is 38.3 Å². The number of carbonyl (C=O) groups is 1. The maximum absolute atomic E-state index is 13.6. The van der Waals surface area contributed by atoms with Crippen LogP contribution in [0.25, 0.3) is 0 Å². The zero-order valence-electron chi connectivity index (χ0n) is 19.3. The van der Waals surface area contributed by atoms with Gasteiger partial charge in [-0.05, 0) is 29.2 Å². The van der Waals surface area contributed by atoms with Gasteiger partial charge in [-0.3, -0.25) is 14.9 Å². The molecule has 4 rings (SSSR count). The molecule has 0 fully saturated rings. The number of aliphatic hydroxyl groups is 1. The van der Waals surface area contributed by atoms with Crippen molar-refractivity contribution in [2.75, 3.05) is 6.26 Å². The summed E-state index contributed by atoms with van der Waals surface area (Å²) in [6, 6.07) is 7.02. The van der Waals surface area contributed by atoms with Crippen molar-refractivity contribution in [2.24, 2.45) is 14.8 Å². The van der Waals surface area contributed by atoms with Gasteiger partial charge in [0.05, 0.1) is 36.3 Å². The van der Waals surface area contributed by atoms with Crippen LogP contribution in [-0.2, 0) is 21.1 Å². The third-order valence-corrected chi connectivity index (χ3v) is 7.69. The van der Waals surface area contributed by atoms with E-state index in [9.17, 15) is 28.6 Å². The number of rotatable bonds is 4. The number of amidine groups is 1. The molecule has 0 aromatic heterocycles. The van der Waals surface area contributed by atoms with Gasteiger partial charge in [0.25, 0.3) is 11.6 Å². The zero-order valence-corrected chi connectivity index (χ0v) is 20.9. The van der Waals surface area contributed by atoms with E-state index in [1.165, 1.54) is 41.5 Å². The van der Waals surface area contributed by atoms with Crippen LogP contribution in [0, 0.1) is 21.3 Å². The fraction of sp³-hybridized carbons (Fsp3) is 0.304. The second-order valence-corrected chi connectivity index (χ2v) is 12.1. The first-order chi connectivity index (χ1) is 16.2. The van der Waals surface area contributed by atoms with E-state index in [0.717, 1.165) is 6.07 Å². The minimum Gasteiger partial charge on any atom is -0.509 e. The Kier molecular flexibility index (Phi) is 5.97. The molecule has 2 aromatic rings. The van der Waals surface area contributed by atoms with Gasteiger partial charge in [-0.2, -0.15) is 4.36 Å². The number of hydrogen-bond acceptors (Lipinski definition) is 7. The van der Waals surface area contributed by atoms with Crippen LogP contribution in [0.5, 0.6) is 0 Å². The molecule has 2 atom stereocenters. The van der Waals surface area contributed by atoms with Crippen molar-refractivity contribution in [3.05, 3.63) is 74.2 Å². The van der Waals surface area contributed by atoms with Crippen molar-refractivity contribution in [1.82, 2.24) is 4.90 Å². The fourth-order valence-electron chi connectivity index (χ4n) is 4.20. The summed E-state index contributed by atoms with van der Waals surface area (Å²) in [6.07, 6.45) is 1.29. The molecular weight excluding hydrogens is 499 g/mol. The molecule has 0 aliphatic carbocycles. The van der Waals surface area contributed by atoms with Gasteiger partial charge in [0.1, 0.15) is 17.1 Å². The minimum absolute atomic E-state index is 0.0197. The number of aliphatic hydroxyl groups excluding tert-OH is 1. The Morgan fingerprint density at radius 3 is 2.54 bits per heavy atom. The predicted octanol–water partition coefficient (Wildman–Crippen LogP) is 5.16. The summed E-state index contributed by atoms with van der Waals surface area (Å²) in [5, 5.41) is 22.2. The van der Waals surface area contributed by atoms with E-state index in [2.05, 4.69) is 9.36 Å². The second-order valence-electron chi connectivity index (χ2n) is 9.45. The van der Waals surface area contributed by atoms with E-state index in [1.807, 2.05) is 20.8 Å². The standard InChI is InChI=1S/C23H22ClFN4O5S/c1-23(2,3)20-19(30)18(22(31)28(20)11-12-5-7-15(25)14(24)9-12)21-26-16-8-6-13(29(32)33)10-17(16)35(4,34)27-21/h5-10,20,30H,11H2,1-4H3. The van der Waals surface area contributed by atoms with E-state index in [1.54, 1.807) is 0 Å². The summed E-state index contributed by atoms with van der Waals surface area (Å²) >= 11 is 5.90. The third-order valence-electron chi connectivity index (χ3n) is 5.73. The van der Waals surface area contributed by atoms with Crippen molar-refractivity contribution < 1.29 is 23.4 Å².